The van der Waals surface area contributed by atoms with Crippen LogP contribution in [0.25, 0.3) is 0 Å². The normalized spacial score (nSPS) is 39.8. The molecule has 1 aliphatic carbocycles. The summed E-state index contributed by atoms with van der Waals surface area (Å²) in [4.78, 5) is 11.3. The predicted octanol–water partition coefficient (Wildman–Crippen LogP) is 0.404. The minimum Gasteiger partial charge on any atom is -0.465 e. The van der Waals surface area contributed by atoms with E-state index in [-0.39, 0.29) is 19.7 Å². The maximum Gasteiger partial charge on any atom is 0.320 e. The smallest absolute Gasteiger partial charge is 0.320 e. The van der Waals surface area contributed by atoms with Crippen molar-refractivity contribution in [2.45, 2.75) is 12.8 Å². The van der Waals surface area contributed by atoms with E-state index in [4.69, 9.17) is 0 Å². The molecule has 2 fully saturated rings. The summed E-state index contributed by atoms with van der Waals surface area (Å²) in [7, 11) is 0. The van der Waals surface area contributed by atoms with E-state index in [0.29, 0.717) is 0 Å². The molecule has 1 aliphatic heterocycles. The summed E-state index contributed by atoms with van der Waals surface area (Å²) in [5.74, 6) is -4.46. The molecule has 0 aromatic heterocycles. The molecule has 0 spiro atoms. The number of rotatable bonds is 2. The minimum atomic E-state index is -2.86. The van der Waals surface area contributed by atoms with E-state index in [1.54, 1.807) is 6.92 Å². The van der Waals surface area contributed by atoms with Gasteiger partial charge in [0, 0.05) is 13.1 Å². The van der Waals surface area contributed by atoms with Gasteiger partial charge in [-0.2, -0.15) is 0 Å². The van der Waals surface area contributed by atoms with Crippen LogP contribution in [0.3, 0.4) is 0 Å². The van der Waals surface area contributed by atoms with Crippen molar-refractivity contribution in [2.24, 2.45) is 11.3 Å². The molecule has 74 valence electrons. The van der Waals surface area contributed by atoms with Crippen LogP contribution in [-0.4, -0.2) is 31.6 Å². The predicted molar refractivity (Wildman–Crippen MR) is 40.4 cm³/mol. The van der Waals surface area contributed by atoms with Crippen LogP contribution < -0.4 is 5.32 Å². The van der Waals surface area contributed by atoms with Gasteiger partial charge in [-0.15, -0.1) is 0 Å². The molecular formula is C8H11F2NO2. The minimum absolute atomic E-state index is 0.0451. The highest BCUT2D eigenvalue weighted by Gasteiger charge is 2.87. The first-order chi connectivity index (χ1) is 6.07. The zero-order valence-corrected chi connectivity index (χ0v) is 7.27. The highest BCUT2D eigenvalue weighted by molar-refractivity contribution is 5.84. The molecule has 1 heterocycles. The van der Waals surface area contributed by atoms with Crippen LogP contribution in [0.2, 0.25) is 0 Å². The Morgan fingerprint density at radius 1 is 1.69 bits per heavy atom. The summed E-state index contributed by atoms with van der Waals surface area (Å²) in [5, 5.41) is 2.78. The molecule has 2 atom stereocenters. The van der Waals surface area contributed by atoms with Gasteiger partial charge in [0.25, 0.3) is 5.92 Å². The van der Waals surface area contributed by atoms with Crippen LogP contribution >= 0.6 is 0 Å². The molecule has 1 saturated heterocycles. The Labute approximate surface area is 74.4 Å². The fourth-order valence-corrected chi connectivity index (χ4v) is 2.10. The van der Waals surface area contributed by atoms with Crippen molar-refractivity contribution < 1.29 is 18.3 Å². The Morgan fingerprint density at radius 3 is 2.85 bits per heavy atom. The van der Waals surface area contributed by atoms with E-state index in [9.17, 15) is 13.6 Å². The first-order valence-corrected chi connectivity index (χ1v) is 4.33. The van der Waals surface area contributed by atoms with Gasteiger partial charge in [0.15, 0.2) is 5.41 Å². The number of piperidine rings is 1. The van der Waals surface area contributed by atoms with Crippen molar-refractivity contribution in [3.63, 3.8) is 0 Å². The first-order valence-electron chi connectivity index (χ1n) is 4.33. The van der Waals surface area contributed by atoms with Crippen LogP contribution in [0.1, 0.15) is 6.92 Å². The second-order valence-electron chi connectivity index (χ2n) is 3.50. The number of halogens is 2. The van der Waals surface area contributed by atoms with Gasteiger partial charge in [-0.3, -0.25) is 4.79 Å². The standard InChI is InChI=1S/C8H11F2NO2/c1-2-13-6(12)7-4-11-3-5(7)8(7,9)10/h5,11H,2-4H2,1H3. The lowest BCUT2D eigenvalue weighted by molar-refractivity contribution is -0.153. The zero-order valence-electron chi connectivity index (χ0n) is 7.27. The van der Waals surface area contributed by atoms with Gasteiger partial charge >= 0.3 is 5.97 Å². The van der Waals surface area contributed by atoms with Crippen LogP contribution in [-0.2, 0) is 9.53 Å². The molecule has 0 radical (unpaired) electrons. The molecule has 2 aliphatic rings. The van der Waals surface area contributed by atoms with Crippen LogP contribution in [0.5, 0.6) is 0 Å². The number of hydrogen-bond donors (Lipinski definition) is 1. The lowest BCUT2D eigenvalue weighted by Gasteiger charge is -2.12. The van der Waals surface area contributed by atoms with Crippen LogP contribution in [0.4, 0.5) is 8.78 Å². The maximum atomic E-state index is 13.1. The van der Waals surface area contributed by atoms with E-state index in [1.165, 1.54) is 0 Å². The summed E-state index contributed by atoms with van der Waals surface area (Å²) in [6.45, 7) is 2.03. The maximum absolute atomic E-state index is 13.1. The number of fused-ring (bicyclic) bond motifs is 1. The van der Waals surface area contributed by atoms with E-state index < -0.39 is 23.2 Å². The number of alkyl halides is 2. The Kier molecular flexibility index (Phi) is 1.64. The number of carbonyl (C=O) groups excluding carboxylic acids is 1. The van der Waals surface area contributed by atoms with Crippen molar-refractivity contribution in [1.29, 1.82) is 0 Å². The molecule has 0 aromatic carbocycles. The van der Waals surface area contributed by atoms with E-state index in [0.717, 1.165) is 0 Å². The van der Waals surface area contributed by atoms with E-state index >= 15 is 0 Å². The molecule has 2 rings (SSSR count). The Bertz CT molecular complexity index is 257. The SMILES string of the molecule is CCOC(=O)C12CNCC1C2(F)F. The van der Waals surface area contributed by atoms with Crippen molar-refractivity contribution in [3.8, 4) is 0 Å². The van der Waals surface area contributed by atoms with E-state index in [1.807, 2.05) is 0 Å². The van der Waals surface area contributed by atoms with Crippen molar-refractivity contribution in [2.75, 3.05) is 19.7 Å². The molecule has 0 aromatic rings. The highest BCUT2D eigenvalue weighted by atomic mass is 19.3. The Balaban J connectivity index is 2.17. The lowest BCUT2D eigenvalue weighted by atomic mass is 10.1. The Hall–Kier alpha value is -0.710. The monoisotopic (exact) mass is 191 g/mol. The first kappa shape index (κ1) is 8.87. The van der Waals surface area contributed by atoms with Crippen LogP contribution in [0.15, 0.2) is 0 Å². The van der Waals surface area contributed by atoms with Gasteiger partial charge in [0.1, 0.15) is 0 Å². The molecule has 2 unspecified atom stereocenters. The fourth-order valence-electron chi connectivity index (χ4n) is 2.10. The summed E-state index contributed by atoms with van der Waals surface area (Å²) in [6.07, 6.45) is 0. The van der Waals surface area contributed by atoms with Gasteiger partial charge in [-0.05, 0) is 6.92 Å². The van der Waals surface area contributed by atoms with Gasteiger partial charge in [0.2, 0.25) is 0 Å². The molecule has 1 saturated carbocycles. The topological polar surface area (TPSA) is 38.3 Å². The molecule has 0 bridgehead atoms. The lowest BCUT2D eigenvalue weighted by Crippen LogP contribution is -2.33. The third-order valence-electron chi connectivity index (χ3n) is 2.94. The molecule has 0 amide bonds. The number of nitrogens with one attached hydrogen (secondary N) is 1. The van der Waals surface area contributed by atoms with Gasteiger partial charge < -0.3 is 10.1 Å². The molecule has 1 N–H and O–H groups in total. The number of ether oxygens (including phenoxy) is 1. The average Bonchev–Trinajstić information content (AvgIpc) is 2.50. The summed E-state index contributed by atoms with van der Waals surface area (Å²) in [5.41, 5.74) is -1.54. The molecular weight excluding hydrogens is 180 g/mol. The van der Waals surface area contributed by atoms with Crippen molar-refractivity contribution >= 4 is 5.97 Å². The molecule has 5 heteroatoms. The van der Waals surface area contributed by atoms with Gasteiger partial charge in [0.05, 0.1) is 12.5 Å². The summed E-state index contributed by atoms with van der Waals surface area (Å²) in [6, 6.07) is 0. The third kappa shape index (κ3) is 0.829. The molecule has 13 heavy (non-hydrogen) atoms. The second kappa shape index (κ2) is 2.41. The molecule has 3 nitrogen and oxygen atoms in total. The number of hydrogen-bond acceptors (Lipinski definition) is 3. The summed E-state index contributed by atoms with van der Waals surface area (Å²) >= 11 is 0. The van der Waals surface area contributed by atoms with Crippen molar-refractivity contribution in [1.82, 2.24) is 5.32 Å². The summed E-state index contributed by atoms with van der Waals surface area (Å²) < 4.78 is 30.9. The number of esters is 1. The van der Waals surface area contributed by atoms with Gasteiger partial charge in [-0.1, -0.05) is 0 Å². The zero-order chi connectivity index (χ0) is 9.69. The average molecular weight is 191 g/mol. The number of carbonyl (C=O) groups is 1. The fraction of sp³-hybridized carbons (Fsp3) is 0.875. The second-order valence-corrected chi connectivity index (χ2v) is 3.50. The Morgan fingerprint density at radius 2 is 2.38 bits per heavy atom. The largest absolute Gasteiger partial charge is 0.465 e. The van der Waals surface area contributed by atoms with Crippen molar-refractivity contribution in [3.05, 3.63) is 0 Å². The third-order valence-corrected chi connectivity index (χ3v) is 2.94. The van der Waals surface area contributed by atoms with E-state index in [2.05, 4.69) is 10.1 Å². The van der Waals surface area contributed by atoms with Gasteiger partial charge in [-0.25, -0.2) is 8.78 Å². The quantitative estimate of drug-likeness (QED) is 0.642. The van der Waals surface area contributed by atoms with Crippen LogP contribution in [0, 0.1) is 11.3 Å². The highest BCUT2D eigenvalue weighted by Crippen LogP contribution is 2.68.